The number of rotatable bonds is 2. The highest BCUT2D eigenvalue weighted by molar-refractivity contribution is 7.89. The summed E-state index contributed by atoms with van der Waals surface area (Å²) >= 11 is 0. The molecule has 1 saturated carbocycles. The van der Waals surface area contributed by atoms with Crippen LogP contribution in [0.1, 0.15) is 12.8 Å². The molecule has 1 rings (SSSR count). The zero-order valence-corrected chi connectivity index (χ0v) is 6.34. The lowest BCUT2D eigenvalue weighted by atomic mass is 9.86. The predicted octanol–water partition coefficient (Wildman–Crippen LogP) is -0.954. The van der Waals surface area contributed by atoms with E-state index < -0.39 is 15.3 Å². The third kappa shape index (κ3) is 1.47. The second-order valence-corrected chi connectivity index (χ2v) is 4.58. The molecule has 0 aromatic carbocycles. The zero-order valence-electron chi connectivity index (χ0n) is 5.53. The van der Waals surface area contributed by atoms with Crippen LogP contribution in [0.5, 0.6) is 0 Å². The molecule has 3 N–H and O–H groups in total. The fraction of sp³-hybridized carbons (Fsp3) is 1.00. The molecule has 4 nitrogen and oxygen atoms in total. The first-order valence-corrected chi connectivity index (χ1v) is 4.77. The predicted molar refractivity (Wildman–Crippen MR) is 36.7 cm³/mol. The molecule has 1 aliphatic rings. The Kier molecular flexibility index (Phi) is 1.98. The Morgan fingerprint density at radius 1 is 1.50 bits per heavy atom. The molecule has 0 saturated heterocycles. The molecule has 0 bridgehead atoms. The van der Waals surface area contributed by atoms with Crippen molar-refractivity contribution in [2.45, 2.75) is 18.1 Å². The molecule has 0 heterocycles. The first kappa shape index (κ1) is 7.97. The van der Waals surface area contributed by atoms with Gasteiger partial charge < -0.3 is 5.11 Å². The van der Waals surface area contributed by atoms with Crippen molar-refractivity contribution in [1.82, 2.24) is 0 Å². The Bertz CT molecular complexity index is 205. The summed E-state index contributed by atoms with van der Waals surface area (Å²) in [5, 5.41) is 13.0. The normalized spacial score (nSPS) is 33.4. The van der Waals surface area contributed by atoms with Gasteiger partial charge in [-0.25, -0.2) is 13.6 Å². The Morgan fingerprint density at radius 2 is 2.00 bits per heavy atom. The first-order chi connectivity index (χ1) is 4.54. The van der Waals surface area contributed by atoms with Crippen LogP contribution in [0.3, 0.4) is 0 Å². The molecule has 0 amide bonds. The molecule has 5 heteroatoms. The molecule has 0 spiro atoms. The molecule has 1 fully saturated rings. The van der Waals surface area contributed by atoms with Crippen LogP contribution in [0.2, 0.25) is 0 Å². The largest absolute Gasteiger partial charge is 0.396 e. The molecule has 60 valence electrons. The monoisotopic (exact) mass is 165 g/mol. The molecule has 1 aliphatic carbocycles. The van der Waals surface area contributed by atoms with E-state index in [2.05, 4.69) is 0 Å². The topological polar surface area (TPSA) is 80.4 Å². The van der Waals surface area contributed by atoms with Gasteiger partial charge in [0.15, 0.2) is 0 Å². The number of hydrogen-bond donors (Lipinski definition) is 2. The van der Waals surface area contributed by atoms with E-state index >= 15 is 0 Å². The quantitative estimate of drug-likeness (QED) is 0.553. The second kappa shape index (κ2) is 2.48. The van der Waals surface area contributed by atoms with Crippen molar-refractivity contribution in [2.24, 2.45) is 11.1 Å². The molecule has 0 aromatic heterocycles. The lowest BCUT2D eigenvalue weighted by molar-refractivity contribution is 0.165. The van der Waals surface area contributed by atoms with Crippen LogP contribution in [0.4, 0.5) is 0 Å². The first-order valence-electron chi connectivity index (χ1n) is 3.16. The van der Waals surface area contributed by atoms with Gasteiger partial charge in [0.25, 0.3) is 0 Å². The summed E-state index contributed by atoms with van der Waals surface area (Å²) in [6, 6.07) is 0. The highest BCUT2D eigenvalue weighted by Gasteiger charge is 2.35. The average Bonchev–Trinajstić information content (AvgIpc) is 1.57. The van der Waals surface area contributed by atoms with Crippen molar-refractivity contribution in [3.05, 3.63) is 0 Å². The van der Waals surface area contributed by atoms with Crippen LogP contribution in [0.15, 0.2) is 0 Å². The third-order valence-electron chi connectivity index (χ3n) is 1.92. The van der Waals surface area contributed by atoms with Gasteiger partial charge in [-0.2, -0.15) is 0 Å². The van der Waals surface area contributed by atoms with Crippen molar-refractivity contribution < 1.29 is 13.5 Å². The molecule has 0 radical (unpaired) electrons. The van der Waals surface area contributed by atoms with E-state index in [1.165, 1.54) is 0 Å². The Morgan fingerprint density at radius 3 is 2.30 bits per heavy atom. The summed E-state index contributed by atoms with van der Waals surface area (Å²) < 4.78 is 21.1. The van der Waals surface area contributed by atoms with E-state index in [0.29, 0.717) is 12.8 Å². The molecule has 10 heavy (non-hydrogen) atoms. The molecule has 0 aromatic rings. The van der Waals surface area contributed by atoms with Crippen molar-refractivity contribution in [1.29, 1.82) is 0 Å². The SMILES string of the molecule is NS(=O)(=O)C1CC(CO)C1. The highest BCUT2D eigenvalue weighted by Crippen LogP contribution is 2.30. The summed E-state index contributed by atoms with van der Waals surface area (Å²) in [6.45, 7) is 0.0754. The van der Waals surface area contributed by atoms with Gasteiger partial charge in [0.05, 0.1) is 5.25 Å². The molecular weight excluding hydrogens is 154 g/mol. The van der Waals surface area contributed by atoms with Gasteiger partial charge in [0.1, 0.15) is 0 Å². The van der Waals surface area contributed by atoms with Gasteiger partial charge in [-0.05, 0) is 18.8 Å². The van der Waals surface area contributed by atoms with Crippen LogP contribution >= 0.6 is 0 Å². The Labute approximate surface area is 60.1 Å². The van der Waals surface area contributed by atoms with Crippen LogP contribution in [0.25, 0.3) is 0 Å². The second-order valence-electron chi connectivity index (χ2n) is 2.73. The number of aliphatic hydroxyl groups is 1. The third-order valence-corrected chi connectivity index (χ3v) is 3.23. The van der Waals surface area contributed by atoms with Crippen molar-refractivity contribution in [3.8, 4) is 0 Å². The fourth-order valence-corrected chi connectivity index (χ4v) is 2.17. The van der Waals surface area contributed by atoms with Crippen LogP contribution in [-0.4, -0.2) is 25.4 Å². The summed E-state index contributed by atoms with van der Waals surface area (Å²) in [6.07, 6.45) is 1.05. The van der Waals surface area contributed by atoms with E-state index in [-0.39, 0.29) is 12.5 Å². The standard InChI is InChI=1S/C5H11NO3S/c6-10(8,9)5-1-4(2-5)3-7/h4-5,7H,1-3H2,(H2,6,8,9). The molecule has 0 aliphatic heterocycles. The number of sulfonamides is 1. The number of nitrogens with two attached hydrogens (primary N) is 1. The van der Waals surface area contributed by atoms with Gasteiger partial charge in [-0.15, -0.1) is 0 Å². The lowest BCUT2D eigenvalue weighted by Gasteiger charge is -2.31. The smallest absolute Gasteiger partial charge is 0.211 e. The van der Waals surface area contributed by atoms with Gasteiger partial charge in [-0.3, -0.25) is 0 Å². The summed E-state index contributed by atoms with van der Waals surface area (Å²) in [4.78, 5) is 0. The van der Waals surface area contributed by atoms with E-state index in [4.69, 9.17) is 10.2 Å². The highest BCUT2D eigenvalue weighted by atomic mass is 32.2. The van der Waals surface area contributed by atoms with Crippen LogP contribution in [-0.2, 0) is 10.0 Å². The van der Waals surface area contributed by atoms with Crippen LogP contribution in [0, 0.1) is 5.92 Å². The summed E-state index contributed by atoms with van der Waals surface area (Å²) in [7, 11) is -3.32. The minimum Gasteiger partial charge on any atom is -0.396 e. The van der Waals surface area contributed by atoms with Crippen LogP contribution < -0.4 is 5.14 Å². The minimum atomic E-state index is -3.32. The fourth-order valence-electron chi connectivity index (χ4n) is 1.09. The maximum atomic E-state index is 10.6. The maximum absolute atomic E-state index is 10.6. The van der Waals surface area contributed by atoms with Gasteiger partial charge in [-0.1, -0.05) is 0 Å². The Balaban J connectivity index is 2.41. The van der Waals surface area contributed by atoms with Crippen molar-refractivity contribution >= 4 is 10.0 Å². The number of aliphatic hydroxyl groups excluding tert-OH is 1. The minimum absolute atomic E-state index is 0.0754. The molecule has 0 unspecified atom stereocenters. The summed E-state index contributed by atoms with van der Waals surface area (Å²) in [5.74, 6) is 0.156. The lowest BCUT2D eigenvalue weighted by Crippen LogP contribution is -2.41. The average molecular weight is 165 g/mol. The van der Waals surface area contributed by atoms with E-state index in [0.717, 1.165) is 0 Å². The summed E-state index contributed by atoms with van der Waals surface area (Å²) in [5.41, 5.74) is 0. The van der Waals surface area contributed by atoms with E-state index in [9.17, 15) is 8.42 Å². The number of hydrogen-bond acceptors (Lipinski definition) is 3. The number of primary sulfonamides is 1. The van der Waals surface area contributed by atoms with E-state index in [1.54, 1.807) is 0 Å². The van der Waals surface area contributed by atoms with Crippen molar-refractivity contribution in [2.75, 3.05) is 6.61 Å². The maximum Gasteiger partial charge on any atom is 0.211 e. The molecule has 0 atom stereocenters. The van der Waals surface area contributed by atoms with Gasteiger partial charge in [0, 0.05) is 6.61 Å². The van der Waals surface area contributed by atoms with Gasteiger partial charge in [0.2, 0.25) is 10.0 Å². The Hall–Kier alpha value is -0.130. The zero-order chi connectivity index (χ0) is 7.78. The van der Waals surface area contributed by atoms with Gasteiger partial charge >= 0.3 is 0 Å². The molecular formula is C5H11NO3S. The van der Waals surface area contributed by atoms with E-state index in [1.807, 2.05) is 0 Å². The van der Waals surface area contributed by atoms with Crippen molar-refractivity contribution in [3.63, 3.8) is 0 Å².